The third-order valence-electron chi connectivity index (χ3n) is 3.51. The van der Waals surface area contributed by atoms with Gasteiger partial charge in [-0.25, -0.2) is 4.39 Å². The Morgan fingerprint density at radius 3 is 2.48 bits per heavy atom. The van der Waals surface area contributed by atoms with E-state index in [1.807, 2.05) is 6.07 Å². The van der Waals surface area contributed by atoms with Gasteiger partial charge >= 0.3 is 0 Å². The molecule has 0 spiro atoms. The molecule has 21 heavy (non-hydrogen) atoms. The molecule has 3 rings (SSSR count). The van der Waals surface area contributed by atoms with Gasteiger partial charge in [0.2, 0.25) is 0 Å². The van der Waals surface area contributed by atoms with Crippen molar-refractivity contribution in [3.63, 3.8) is 0 Å². The van der Waals surface area contributed by atoms with Crippen molar-refractivity contribution in [2.24, 2.45) is 0 Å². The Bertz CT molecular complexity index is 697. The zero-order valence-electron chi connectivity index (χ0n) is 12.9. The molecule has 2 heterocycles. The van der Waals surface area contributed by atoms with Gasteiger partial charge in [0.15, 0.2) is 0 Å². The first-order valence-corrected chi connectivity index (χ1v) is 7.41. The monoisotopic (exact) mass is 283 g/mol. The number of hydrogen-bond acceptors (Lipinski definition) is 0. The molecule has 0 N–H and O–H groups in total. The van der Waals surface area contributed by atoms with E-state index in [4.69, 9.17) is 0 Å². The number of aromatic nitrogens is 1. The van der Waals surface area contributed by atoms with Crippen LogP contribution < -0.4 is 0 Å². The van der Waals surface area contributed by atoms with Crippen molar-refractivity contribution >= 4 is 5.52 Å². The van der Waals surface area contributed by atoms with Gasteiger partial charge in [-0.2, -0.15) is 0 Å². The van der Waals surface area contributed by atoms with E-state index in [2.05, 4.69) is 61.8 Å². The van der Waals surface area contributed by atoms with Gasteiger partial charge in [-0.1, -0.05) is 39.0 Å². The maximum atomic E-state index is 12.5. The lowest BCUT2D eigenvalue weighted by Gasteiger charge is -2.02. The van der Waals surface area contributed by atoms with E-state index in [9.17, 15) is 4.39 Å². The summed E-state index contributed by atoms with van der Waals surface area (Å²) in [6, 6.07) is 15.2. The van der Waals surface area contributed by atoms with E-state index in [0.717, 1.165) is 12.0 Å². The Kier molecular flexibility index (Phi) is 5.15. The van der Waals surface area contributed by atoms with Gasteiger partial charge in [-0.15, -0.1) is 0 Å². The highest BCUT2D eigenvalue weighted by Crippen LogP contribution is 2.14. The highest BCUT2D eigenvalue weighted by Gasteiger charge is 1.98. The van der Waals surface area contributed by atoms with E-state index in [-0.39, 0.29) is 5.82 Å². The molecule has 0 saturated carbocycles. The summed E-state index contributed by atoms with van der Waals surface area (Å²) in [4.78, 5) is 0. The Labute approximate surface area is 126 Å². The van der Waals surface area contributed by atoms with Crippen molar-refractivity contribution < 1.29 is 4.39 Å². The van der Waals surface area contributed by atoms with Crippen LogP contribution in [0.4, 0.5) is 4.39 Å². The van der Waals surface area contributed by atoms with Crippen LogP contribution in [0.2, 0.25) is 0 Å². The molecule has 0 aliphatic rings. The van der Waals surface area contributed by atoms with Crippen LogP contribution in [0.1, 0.15) is 37.8 Å². The molecule has 1 aromatic carbocycles. The predicted octanol–water partition coefficient (Wildman–Crippen LogP) is 5.45. The Morgan fingerprint density at radius 2 is 1.86 bits per heavy atom. The number of pyridine rings is 1. The normalized spacial score (nSPS) is 10.5. The molecule has 0 amide bonds. The molecule has 1 nitrogen and oxygen atoms in total. The van der Waals surface area contributed by atoms with Crippen LogP contribution >= 0.6 is 0 Å². The fourth-order valence-corrected chi connectivity index (χ4v) is 2.15. The lowest BCUT2D eigenvalue weighted by Crippen LogP contribution is -1.86. The summed E-state index contributed by atoms with van der Waals surface area (Å²) in [5.74, 6) is 0.266. The molecule has 110 valence electrons. The summed E-state index contributed by atoms with van der Waals surface area (Å²) in [6.07, 6.45) is 5.36. The van der Waals surface area contributed by atoms with Crippen molar-refractivity contribution in [1.29, 1.82) is 0 Å². The van der Waals surface area contributed by atoms with Crippen molar-refractivity contribution in [2.75, 3.05) is 0 Å². The van der Waals surface area contributed by atoms with Gasteiger partial charge in [0, 0.05) is 17.9 Å². The van der Waals surface area contributed by atoms with E-state index in [1.54, 1.807) is 12.1 Å². The smallest absolute Gasteiger partial charge is 0.123 e. The molecule has 0 unspecified atom stereocenters. The Morgan fingerprint density at radius 1 is 1.05 bits per heavy atom. The maximum Gasteiger partial charge on any atom is 0.123 e. The lowest BCUT2D eigenvalue weighted by molar-refractivity contribution is 0.623. The summed E-state index contributed by atoms with van der Waals surface area (Å²) in [5.41, 5.74) is 3.70. The van der Waals surface area contributed by atoms with Gasteiger partial charge in [0.05, 0.1) is 0 Å². The van der Waals surface area contributed by atoms with E-state index >= 15 is 0 Å². The number of hydrogen-bond donors (Lipinski definition) is 0. The fourth-order valence-electron chi connectivity index (χ4n) is 2.15. The number of rotatable bonds is 2. The van der Waals surface area contributed by atoms with Crippen LogP contribution in [0, 0.1) is 5.82 Å². The molecular weight excluding hydrogens is 261 g/mol. The molecule has 0 aliphatic carbocycles. The Balaban J connectivity index is 0.000000155. The zero-order chi connectivity index (χ0) is 15.2. The van der Waals surface area contributed by atoms with Crippen LogP contribution in [0.25, 0.3) is 5.52 Å². The molecule has 0 atom stereocenters. The lowest BCUT2D eigenvalue weighted by atomic mass is 10.0. The fraction of sp³-hybridized carbons (Fsp3) is 0.263. The van der Waals surface area contributed by atoms with Crippen molar-refractivity contribution in [1.82, 2.24) is 4.40 Å². The van der Waals surface area contributed by atoms with Crippen molar-refractivity contribution in [3.05, 3.63) is 77.9 Å². The highest BCUT2D eigenvalue weighted by atomic mass is 19.1. The molecule has 0 bridgehead atoms. The topological polar surface area (TPSA) is 4.41 Å². The van der Waals surface area contributed by atoms with Crippen LogP contribution in [-0.2, 0) is 6.42 Å². The molecule has 0 saturated heterocycles. The van der Waals surface area contributed by atoms with Crippen molar-refractivity contribution in [3.8, 4) is 0 Å². The number of fused-ring (bicyclic) bond motifs is 1. The third-order valence-corrected chi connectivity index (χ3v) is 3.51. The first-order chi connectivity index (χ1) is 10.1. The standard InChI is InChI=1S/C10H11N.C9H11F/c1-2-9-5-6-10-4-3-7-11(10)8-9;1-7(2)8-4-3-5-9(10)6-8/h3-8H,2H2,1H3;3-7H,1-2H3. The minimum Gasteiger partial charge on any atom is -0.324 e. The van der Waals surface area contributed by atoms with Crippen LogP contribution in [0.5, 0.6) is 0 Å². The van der Waals surface area contributed by atoms with Crippen LogP contribution in [-0.4, -0.2) is 4.40 Å². The number of halogens is 1. The highest BCUT2D eigenvalue weighted by molar-refractivity contribution is 5.48. The van der Waals surface area contributed by atoms with Crippen LogP contribution in [0.3, 0.4) is 0 Å². The molecular formula is C19H22FN. The second-order valence-corrected chi connectivity index (χ2v) is 5.44. The number of benzene rings is 1. The van der Waals surface area contributed by atoms with E-state index < -0.39 is 0 Å². The zero-order valence-corrected chi connectivity index (χ0v) is 12.9. The van der Waals surface area contributed by atoms with Gasteiger partial charge in [0.25, 0.3) is 0 Å². The average molecular weight is 283 g/mol. The largest absolute Gasteiger partial charge is 0.324 e. The quantitative estimate of drug-likeness (QED) is 0.589. The van der Waals surface area contributed by atoms with Gasteiger partial charge < -0.3 is 4.40 Å². The minimum atomic E-state index is -0.147. The summed E-state index contributed by atoms with van der Waals surface area (Å²) >= 11 is 0. The first kappa shape index (κ1) is 15.3. The van der Waals surface area contributed by atoms with Gasteiger partial charge in [-0.05, 0) is 53.8 Å². The molecule has 2 aromatic heterocycles. The molecule has 0 fully saturated rings. The summed E-state index contributed by atoms with van der Waals surface area (Å²) < 4.78 is 14.7. The maximum absolute atomic E-state index is 12.5. The van der Waals surface area contributed by atoms with Crippen molar-refractivity contribution in [2.45, 2.75) is 33.1 Å². The first-order valence-electron chi connectivity index (χ1n) is 7.41. The summed E-state index contributed by atoms with van der Waals surface area (Å²) in [5, 5.41) is 0. The number of aryl methyl sites for hydroxylation is 1. The van der Waals surface area contributed by atoms with Gasteiger partial charge in [0.1, 0.15) is 5.82 Å². The minimum absolute atomic E-state index is 0.147. The van der Waals surface area contributed by atoms with Gasteiger partial charge in [-0.3, -0.25) is 0 Å². The second-order valence-electron chi connectivity index (χ2n) is 5.44. The SMILES string of the molecule is CC(C)c1cccc(F)c1.CCc1ccc2cccn2c1. The molecule has 0 aliphatic heterocycles. The summed E-state index contributed by atoms with van der Waals surface area (Å²) in [6.45, 7) is 6.27. The van der Waals surface area contributed by atoms with E-state index in [1.165, 1.54) is 17.1 Å². The van der Waals surface area contributed by atoms with E-state index in [0.29, 0.717) is 5.92 Å². The molecule has 2 heteroatoms. The average Bonchev–Trinajstić information content (AvgIpc) is 2.95. The number of nitrogens with zero attached hydrogens (tertiary/aromatic N) is 1. The molecule has 3 aromatic rings. The predicted molar refractivity (Wildman–Crippen MR) is 87.3 cm³/mol. The Hall–Kier alpha value is -2.09. The molecule has 0 radical (unpaired) electrons. The summed E-state index contributed by atoms with van der Waals surface area (Å²) in [7, 11) is 0. The second kappa shape index (κ2) is 7.07. The van der Waals surface area contributed by atoms with Crippen LogP contribution in [0.15, 0.2) is 60.9 Å². The third kappa shape index (κ3) is 4.19.